The molecule has 0 fully saturated rings. The van der Waals surface area contributed by atoms with E-state index < -0.39 is 5.97 Å². The molecule has 0 radical (unpaired) electrons. The van der Waals surface area contributed by atoms with Crippen LogP contribution in [0.2, 0.25) is 5.02 Å². The van der Waals surface area contributed by atoms with Gasteiger partial charge in [0.05, 0.1) is 24.3 Å². The Hall–Kier alpha value is -1.06. The number of methoxy groups -OCH3 is 1. The van der Waals surface area contributed by atoms with Gasteiger partial charge in [0.25, 0.3) is 0 Å². The van der Waals surface area contributed by atoms with E-state index in [1.54, 1.807) is 18.2 Å². The summed E-state index contributed by atoms with van der Waals surface area (Å²) in [6, 6.07) is 4.87. The standard InChI is InChI=1S/C9H9ClO3/c1-13-9(12)8-6(5-11)3-2-4-7(8)10/h2-4,11H,5H2,1H3. The Balaban J connectivity index is 3.22. The Bertz CT molecular complexity index is 323. The number of esters is 1. The highest BCUT2D eigenvalue weighted by atomic mass is 35.5. The summed E-state index contributed by atoms with van der Waals surface area (Å²) >= 11 is 5.77. The van der Waals surface area contributed by atoms with Gasteiger partial charge in [0, 0.05) is 0 Å². The van der Waals surface area contributed by atoms with Crippen molar-refractivity contribution in [1.29, 1.82) is 0 Å². The summed E-state index contributed by atoms with van der Waals surface area (Å²) in [5.41, 5.74) is 0.702. The van der Waals surface area contributed by atoms with Crippen molar-refractivity contribution in [2.24, 2.45) is 0 Å². The molecule has 1 N–H and O–H groups in total. The molecule has 0 amide bonds. The van der Waals surface area contributed by atoms with E-state index in [1.165, 1.54) is 7.11 Å². The number of aliphatic hydroxyl groups excluding tert-OH is 1. The van der Waals surface area contributed by atoms with E-state index >= 15 is 0 Å². The van der Waals surface area contributed by atoms with Crippen molar-refractivity contribution < 1.29 is 14.6 Å². The topological polar surface area (TPSA) is 46.5 Å². The molecule has 4 heteroatoms. The lowest BCUT2D eigenvalue weighted by Crippen LogP contribution is -2.06. The van der Waals surface area contributed by atoms with Crippen molar-refractivity contribution in [1.82, 2.24) is 0 Å². The van der Waals surface area contributed by atoms with Crippen LogP contribution in [0.5, 0.6) is 0 Å². The fraction of sp³-hybridized carbons (Fsp3) is 0.222. The molecule has 0 spiro atoms. The summed E-state index contributed by atoms with van der Waals surface area (Å²) in [4.78, 5) is 11.2. The highest BCUT2D eigenvalue weighted by Crippen LogP contribution is 2.20. The Kier molecular flexibility index (Phi) is 3.28. The normalized spacial score (nSPS) is 9.77. The van der Waals surface area contributed by atoms with Gasteiger partial charge in [-0.25, -0.2) is 4.79 Å². The fourth-order valence-electron chi connectivity index (χ4n) is 1.03. The summed E-state index contributed by atoms with van der Waals surface area (Å²) in [5.74, 6) is -0.533. The molecule has 0 bridgehead atoms. The monoisotopic (exact) mass is 200 g/mol. The van der Waals surface area contributed by atoms with Gasteiger partial charge >= 0.3 is 5.97 Å². The summed E-state index contributed by atoms with van der Waals surface area (Å²) in [6.45, 7) is -0.231. The van der Waals surface area contributed by atoms with Crippen molar-refractivity contribution in [3.63, 3.8) is 0 Å². The lowest BCUT2D eigenvalue weighted by molar-refractivity contribution is 0.0597. The van der Waals surface area contributed by atoms with Crippen LogP contribution in [0, 0.1) is 0 Å². The zero-order valence-electron chi connectivity index (χ0n) is 7.08. The molecule has 13 heavy (non-hydrogen) atoms. The van der Waals surface area contributed by atoms with Gasteiger partial charge in [-0.05, 0) is 11.6 Å². The quantitative estimate of drug-likeness (QED) is 0.738. The van der Waals surface area contributed by atoms with E-state index in [9.17, 15) is 4.79 Å². The van der Waals surface area contributed by atoms with E-state index in [0.717, 1.165) is 0 Å². The summed E-state index contributed by atoms with van der Waals surface area (Å²) in [6.07, 6.45) is 0. The van der Waals surface area contributed by atoms with Crippen molar-refractivity contribution in [2.75, 3.05) is 7.11 Å². The number of carbonyl (C=O) groups is 1. The summed E-state index contributed by atoms with van der Waals surface area (Å²) in [5, 5.41) is 9.21. The van der Waals surface area contributed by atoms with Gasteiger partial charge in [0.1, 0.15) is 0 Å². The van der Waals surface area contributed by atoms with Gasteiger partial charge in [-0.15, -0.1) is 0 Å². The molecule has 0 saturated heterocycles. The van der Waals surface area contributed by atoms with Crippen molar-refractivity contribution in [3.8, 4) is 0 Å². The van der Waals surface area contributed by atoms with E-state index in [1.807, 2.05) is 0 Å². The number of hydrogen-bond donors (Lipinski definition) is 1. The maximum Gasteiger partial charge on any atom is 0.339 e. The third-order valence-electron chi connectivity index (χ3n) is 1.66. The Morgan fingerprint density at radius 2 is 2.31 bits per heavy atom. The molecule has 0 aromatic heterocycles. The summed E-state index contributed by atoms with van der Waals surface area (Å²) in [7, 11) is 1.27. The number of rotatable bonds is 2. The van der Waals surface area contributed by atoms with Crippen LogP contribution in [0.3, 0.4) is 0 Å². The molecule has 0 aliphatic carbocycles. The van der Waals surface area contributed by atoms with Gasteiger partial charge in [-0.1, -0.05) is 23.7 Å². The number of benzene rings is 1. The molecule has 0 unspecified atom stereocenters. The molecule has 1 aromatic rings. The number of aliphatic hydroxyl groups is 1. The van der Waals surface area contributed by atoms with Gasteiger partial charge in [-0.2, -0.15) is 0 Å². The van der Waals surface area contributed by atoms with E-state index in [4.69, 9.17) is 16.7 Å². The number of ether oxygens (including phenoxy) is 1. The van der Waals surface area contributed by atoms with Gasteiger partial charge in [0.2, 0.25) is 0 Å². The third kappa shape index (κ3) is 1.99. The van der Waals surface area contributed by atoms with Crippen LogP contribution in [0.25, 0.3) is 0 Å². The second kappa shape index (κ2) is 4.25. The smallest absolute Gasteiger partial charge is 0.339 e. The van der Waals surface area contributed by atoms with Crippen molar-refractivity contribution in [3.05, 3.63) is 34.3 Å². The molecular formula is C9H9ClO3. The molecule has 1 aromatic carbocycles. The summed E-state index contributed by atoms with van der Waals surface area (Å²) < 4.78 is 4.53. The van der Waals surface area contributed by atoms with Crippen LogP contribution in [0.4, 0.5) is 0 Å². The fourth-order valence-corrected chi connectivity index (χ4v) is 1.30. The molecule has 0 saturated carbocycles. The SMILES string of the molecule is COC(=O)c1c(Cl)cccc1CO. The molecular weight excluding hydrogens is 192 g/mol. The predicted octanol–water partition coefficient (Wildman–Crippen LogP) is 1.62. The minimum absolute atomic E-state index is 0.231. The van der Waals surface area contributed by atoms with Gasteiger partial charge in [0.15, 0.2) is 0 Å². The number of carbonyl (C=O) groups excluding carboxylic acids is 1. The first-order valence-electron chi connectivity index (χ1n) is 3.67. The zero-order valence-corrected chi connectivity index (χ0v) is 7.84. The lowest BCUT2D eigenvalue weighted by Gasteiger charge is -2.06. The number of hydrogen-bond acceptors (Lipinski definition) is 3. The zero-order chi connectivity index (χ0) is 9.84. The molecule has 0 heterocycles. The highest BCUT2D eigenvalue weighted by molar-refractivity contribution is 6.33. The first-order valence-corrected chi connectivity index (χ1v) is 4.05. The second-order valence-corrected chi connectivity index (χ2v) is 2.83. The Morgan fingerprint density at radius 1 is 1.62 bits per heavy atom. The maximum atomic E-state index is 11.2. The van der Waals surface area contributed by atoms with Gasteiger partial charge in [-0.3, -0.25) is 0 Å². The van der Waals surface area contributed by atoms with E-state index in [0.29, 0.717) is 10.6 Å². The molecule has 1 rings (SSSR count). The first kappa shape index (κ1) is 10.0. The molecule has 0 aliphatic heterocycles. The molecule has 0 aliphatic rings. The van der Waals surface area contributed by atoms with Crippen LogP contribution < -0.4 is 0 Å². The third-order valence-corrected chi connectivity index (χ3v) is 1.97. The van der Waals surface area contributed by atoms with Gasteiger partial charge < -0.3 is 9.84 Å². The van der Waals surface area contributed by atoms with E-state index in [2.05, 4.69) is 4.74 Å². The second-order valence-electron chi connectivity index (χ2n) is 2.42. The highest BCUT2D eigenvalue weighted by Gasteiger charge is 2.14. The van der Waals surface area contributed by atoms with Crippen LogP contribution >= 0.6 is 11.6 Å². The van der Waals surface area contributed by atoms with Crippen molar-refractivity contribution >= 4 is 17.6 Å². The lowest BCUT2D eigenvalue weighted by atomic mass is 10.1. The van der Waals surface area contributed by atoms with Crippen LogP contribution in [-0.4, -0.2) is 18.2 Å². The minimum Gasteiger partial charge on any atom is -0.465 e. The largest absolute Gasteiger partial charge is 0.465 e. The molecule has 0 atom stereocenters. The average molecular weight is 201 g/mol. The minimum atomic E-state index is -0.533. The van der Waals surface area contributed by atoms with Crippen LogP contribution in [0.1, 0.15) is 15.9 Å². The van der Waals surface area contributed by atoms with E-state index in [-0.39, 0.29) is 12.2 Å². The van der Waals surface area contributed by atoms with Crippen LogP contribution in [-0.2, 0) is 11.3 Å². The Labute approximate surface area is 80.9 Å². The first-order chi connectivity index (χ1) is 6.20. The van der Waals surface area contributed by atoms with Crippen molar-refractivity contribution in [2.45, 2.75) is 6.61 Å². The van der Waals surface area contributed by atoms with Crippen LogP contribution in [0.15, 0.2) is 18.2 Å². The number of halogens is 1. The average Bonchev–Trinajstić information content (AvgIpc) is 2.16. The molecule has 70 valence electrons. The predicted molar refractivity (Wildman–Crippen MR) is 48.7 cm³/mol. The maximum absolute atomic E-state index is 11.2. The molecule has 3 nitrogen and oxygen atoms in total. The Morgan fingerprint density at radius 3 is 2.85 bits per heavy atom.